The standard InChI is InChI=1S/C25H29NO4/c1-24(2,3)26-23(29)25(17-16-19-12-8-5-9-13-19)21(27)20(22(28)30-25)15-14-18-10-6-4-7-11-18/h4-13,20H,14-17H2,1-3H3,(H,26,29). The van der Waals surface area contributed by atoms with Gasteiger partial charge in [0.1, 0.15) is 5.92 Å². The van der Waals surface area contributed by atoms with Crippen molar-refractivity contribution in [1.82, 2.24) is 5.32 Å². The van der Waals surface area contributed by atoms with Crippen molar-refractivity contribution in [3.8, 4) is 0 Å². The minimum Gasteiger partial charge on any atom is -0.440 e. The number of aryl methyl sites for hydroxylation is 2. The van der Waals surface area contributed by atoms with Crippen LogP contribution in [0.25, 0.3) is 0 Å². The Labute approximate surface area is 177 Å². The fourth-order valence-electron chi connectivity index (χ4n) is 3.74. The Bertz CT molecular complexity index is 902. The van der Waals surface area contributed by atoms with Gasteiger partial charge in [0.15, 0.2) is 5.78 Å². The number of ketones is 1. The van der Waals surface area contributed by atoms with Gasteiger partial charge in [-0.1, -0.05) is 60.7 Å². The van der Waals surface area contributed by atoms with E-state index in [1.165, 1.54) is 0 Å². The Hall–Kier alpha value is -2.95. The van der Waals surface area contributed by atoms with Crippen LogP contribution in [0.5, 0.6) is 0 Å². The molecule has 0 aromatic heterocycles. The van der Waals surface area contributed by atoms with Crippen molar-refractivity contribution in [3.05, 3.63) is 71.8 Å². The molecule has 0 radical (unpaired) electrons. The highest BCUT2D eigenvalue weighted by molar-refractivity contribution is 6.20. The number of hydrogen-bond donors (Lipinski definition) is 1. The van der Waals surface area contributed by atoms with Gasteiger partial charge in [-0.3, -0.25) is 14.4 Å². The van der Waals surface area contributed by atoms with Gasteiger partial charge in [-0.2, -0.15) is 0 Å². The maximum absolute atomic E-state index is 13.4. The molecule has 2 aromatic carbocycles. The van der Waals surface area contributed by atoms with Crippen LogP contribution in [0.1, 0.15) is 44.7 Å². The predicted octanol–water partition coefficient (Wildman–Crippen LogP) is 3.65. The number of rotatable bonds is 7. The summed E-state index contributed by atoms with van der Waals surface area (Å²) >= 11 is 0. The van der Waals surface area contributed by atoms with E-state index in [9.17, 15) is 14.4 Å². The second kappa shape index (κ2) is 8.82. The SMILES string of the molecule is CC(C)(C)NC(=O)C1(CCc2ccccc2)OC(=O)C(CCc2ccccc2)C1=O. The van der Waals surface area contributed by atoms with E-state index in [0.717, 1.165) is 11.1 Å². The van der Waals surface area contributed by atoms with Gasteiger partial charge in [-0.25, -0.2) is 0 Å². The van der Waals surface area contributed by atoms with Crippen LogP contribution >= 0.6 is 0 Å². The lowest BCUT2D eigenvalue weighted by molar-refractivity contribution is -0.163. The van der Waals surface area contributed by atoms with Crippen molar-refractivity contribution >= 4 is 17.7 Å². The molecule has 2 aromatic rings. The van der Waals surface area contributed by atoms with E-state index in [1.807, 2.05) is 81.4 Å². The summed E-state index contributed by atoms with van der Waals surface area (Å²) in [6, 6.07) is 19.3. The topological polar surface area (TPSA) is 72.5 Å². The van der Waals surface area contributed by atoms with E-state index in [-0.39, 0.29) is 6.42 Å². The average molecular weight is 408 g/mol. The molecule has 3 rings (SSSR count). The lowest BCUT2D eigenvalue weighted by Crippen LogP contribution is -2.57. The molecule has 1 aliphatic rings. The molecule has 2 atom stereocenters. The van der Waals surface area contributed by atoms with Crippen LogP contribution in [0.2, 0.25) is 0 Å². The molecule has 30 heavy (non-hydrogen) atoms. The summed E-state index contributed by atoms with van der Waals surface area (Å²) in [7, 11) is 0. The van der Waals surface area contributed by atoms with Gasteiger partial charge in [0, 0.05) is 12.0 Å². The number of esters is 1. The summed E-state index contributed by atoms with van der Waals surface area (Å²) < 4.78 is 5.59. The van der Waals surface area contributed by atoms with Crippen molar-refractivity contribution in [2.45, 2.75) is 57.6 Å². The Morgan fingerprint density at radius 1 is 0.933 bits per heavy atom. The normalized spacial score (nSPS) is 21.4. The van der Waals surface area contributed by atoms with E-state index in [0.29, 0.717) is 19.3 Å². The Morgan fingerprint density at radius 3 is 2.00 bits per heavy atom. The maximum atomic E-state index is 13.4. The summed E-state index contributed by atoms with van der Waals surface area (Å²) in [5.41, 5.74) is -0.302. The van der Waals surface area contributed by atoms with Gasteiger partial charge < -0.3 is 10.1 Å². The van der Waals surface area contributed by atoms with Crippen LogP contribution in [0.3, 0.4) is 0 Å². The Balaban J connectivity index is 1.82. The Kier molecular flexibility index (Phi) is 6.40. The lowest BCUT2D eigenvalue weighted by atomic mass is 9.83. The van der Waals surface area contributed by atoms with Crippen LogP contribution in [0, 0.1) is 5.92 Å². The molecule has 0 aliphatic carbocycles. The van der Waals surface area contributed by atoms with Gasteiger partial charge in [-0.15, -0.1) is 0 Å². The highest BCUT2D eigenvalue weighted by Crippen LogP contribution is 2.35. The molecule has 1 amide bonds. The van der Waals surface area contributed by atoms with E-state index >= 15 is 0 Å². The van der Waals surface area contributed by atoms with E-state index in [2.05, 4.69) is 5.32 Å². The fourth-order valence-corrected chi connectivity index (χ4v) is 3.74. The summed E-state index contributed by atoms with van der Waals surface area (Å²) in [6.07, 6.45) is 1.49. The molecule has 0 spiro atoms. The summed E-state index contributed by atoms with van der Waals surface area (Å²) in [6.45, 7) is 5.51. The van der Waals surface area contributed by atoms with Crippen LogP contribution < -0.4 is 5.32 Å². The number of carbonyl (C=O) groups is 3. The first-order valence-electron chi connectivity index (χ1n) is 10.4. The Morgan fingerprint density at radius 2 is 1.47 bits per heavy atom. The number of nitrogens with one attached hydrogen (secondary N) is 1. The quantitative estimate of drug-likeness (QED) is 0.562. The van der Waals surface area contributed by atoms with Gasteiger partial charge in [0.25, 0.3) is 5.91 Å². The highest BCUT2D eigenvalue weighted by Gasteiger charge is 2.59. The number of amides is 1. The van der Waals surface area contributed by atoms with Gasteiger partial charge in [0.05, 0.1) is 0 Å². The third-order valence-electron chi connectivity index (χ3n) is 5.30. The largest absolute Gasteiger partial charge is 0.440 e. The van der Waals surface area contributed by atoms with Gasteiger partial charge >= 0.3 is 5.97 Å². The second-order valence-electron chi connectivity index (χ2n) is 8.88. The zero-order valence-corrected chi connectivity index (χ0v) is 17.8. The molecule has 1 saturated heterocycles. The third kappa shape index (κ3) is 4.96. The minimum atomic E-state index is -1.78. The van der Waals surface area contributed by atoms with E-state index < -0.39 is 34.7 Å². The van der Waals surface area contributed by atoms with Crippen molar-refractivity contribution in [3.63, 3.8) is 0 Å². The van der Waals surface area contributed by atoms with Crippen molar-refractivity contribution in [2.75, 3.05) is 0 Å². The van der Waals surface area contributed by atoms with Crippen LogP contribution in [0.15, 0.2) is 60.7 Å². The first kappa shape index (κ1) is 21.8. The molecule has 1 heterocycles. The first-order valence-corrected chi connectivity index (χ1v) is 10.4. The zero-order valence-electron chi connectivity index (χ0n) is 17.8. The summed E-state index contributed by atoms with van der Waals surface area (Å²) in [5.74, 6) is -2.49. The van der Waals surface area contributed by atoms with Gasteiger partial charge in [0.2, 0.25) is 5.60 Å². The molecule has 0 saturated carbocycles. The van der Waals surface area contributed by atoms with Crippen LogP contribution in [0.4, 0.5) is 0 Å². The predicted molar refractivity (Wildman–Crippen MR) is 115 cm³/mol. The molecule has 158 valence electrons. The van der Waals surface area contributed by atoms with Crippen molar-refractivity contribution < 1.29 is 19.1 Å². The number of ether oxygens (including phenoxy) is 1. The van der Waals surface area contributed by atoms with Crippen molar-refractivity contribution in [1.29, 1.82) is 0 Å². The number of cyclic esters (lactones) is 1. The minimum absolute atomic E-state index is 0.130. The fraction of sp³-hybridized carbons (Fsp3) is 0.400. The molecule has 2 unspecified atom stereocenters. The second-order valence-corrected chi connectivity index (χ2v) is 8.88. The average Bonchev–Trinajstić information content (AvgIpc) is 2.95. The highest BCUT2D eigenvalue weighted by atomic mass is 16.6. The molecule has 0 bridgehead atoms. The molecule has 5 heteroatoms. The zero-order chi connectivity index (χ0) is 21.8. The molecule has 5 nitrogen and oxygen atoms in total. The smallest absolute Gasteiger partial charge is 0.318 e. The summed E-state index contributed by atoms with van der Waals surface area (Å²) in [4.78, 5) is 39.3. The number of Topliss-reactive ketones (excluding diaryl/α,β-unsaturated/α-hetero) is 1. The lowest BCUT2D eigenvalue weighted by Gasteiger charge is -2.30. The molecular formula is C25H29NO4. The monoisotopic (exact) mass is 407 g/mol. The number of hydrogen-bond acceptors (Lipinski definition) is 4. The van der Waals surface area contributed by atoms with Gasteiger partial charge in [-0.05, 0) is 51.2 Å². The number of benzene rings is 2. The maximum Gasteiger partial charge on any atom is 0.318 e. The molecule has 1 fully saturated rings. The van der Waals surface area contributed by atoms with Crippen LogP contribution in [-0.4, -0.2) is 28.8 Å². The van der Waals surface area contributed by atoms with Crippen molar-refractivity contribution in [2.24, 2.45) is 5.92 Å². The first-order chi connectivity index (χ1) is 14.2. The number of carbonyl (C=O) groups excluding carboxylic acids is 3. The third-order valence-corrected chi connectivity index (χ3v) is 5.30. The van der Waals surface area contributed by atoms with E-state index in [1.54, 1.807) is 0 Å². The molecule has 1 N–H and O–H groups in total. The van der Waals surface area contributed by atoms with Crippen LogP contribution in [-0.2, 0) is 32.0 Å². The summed E-state index contributed by atoms with van der Waals surface area (Å²) in [5, 5.41) is 2.85. The van der Waals surface area contributed by atoms with E-state index in [4.69, 9.17) is 4.74 Å². The molecular weight excluding hydrogens is 378 g/mol. The molecule has 1 aliphatic heterocycles.